The van der Waals surface area contributed by atoms with Gasteiger partial charge >= 0.3 is 0 Å². The van der Waals surface area contributed by atoms with Gasteiger partial charge in [-0.3, -0.25) is 0 Å². The average Bonchev–Trinajstić information content (AvgIpc) is 3.54. The zero-order valence-electron chi connectivity index (χ0n) is 27.5. The number of hydrogen-bond acceptors (Lipinski definition) is 2. The van der Waals surface area contributed by atoms with Gasteiger partial charge in [-0.15, -0.1) is 6.42 Å². The molecule has 5 aromatic rings. The molecule has 0 N–H and O–H groups in total. The lowest BCUT2D eigenvalue weighted by Gasteiger charge is -2.31. The molecule has 0 saturated heterocycles. The fourth-order valence-corrected chi connectivity index (χ4v) is 6.57. The van der Waals surface area contributed by atoms with Gasteiger partial charge in [-0.1, -0.05) is 129 Å². The minimum Gasteiger partial charge on any atom is -0.310 e. The molecule has 1 aliphatic carbocycles. The van der Waals surface area contributed by atoms with E-state index in [0.717, 1.165) is 69.8 Å². The van der Waals surface area contributed by atoms with Crippen molar-refractivity contribution >= 4 is 40.1 Å². The summed E-state index contributed by atoms with van der Waals surface area (Å²) in [4.78, 5) is 7.69. The Bertz CT molecular complexity index is 2050. The van der Waals surface area contributed by atoms with Gasteiger partial charge in [0.05, 0.1) is 17.1 Å². The Morgan fingerprint density at radius 1 is 0.809 bits per heavy atom. The van der Waals surface area contributed by atoms with Crippen LogP contribution in [0.3, 0.4) is 0 Å². The van der Waals surface area contributed by atoms with Crippen LogP contribution in [0.1, 0.15) is 54.5 Å². The lowest BCUT2D eigenvalue weighted by Crippen LogP contribution is -2.15. The molecule has 5 aromatic carbocycles. The third kappa shape index (κ3) is 6.26. The number of benzene rings is 5. The van der Waals surface area contributed by atoms with Crippen molar-refractivity contribution in [3.63, 3.8) is 0 Å². The Balaban J connectivity index is 1.68. The third-order valence-electron chi connectivity index (χ3n) is 8.87. The molecule has 0 unspecified atom stereocenters. The van der Waals surface area contributed by atoms with Gasteiger partial charge in [0.25, 0.3) is 0 Å². The van der Waals surface area contributed by atoms with Crippen LogP contribution in [0.15, 0.2) is 145 Å². The van der Waals surface area contributed by atoms with Gasteiger partial charge in [-0.05, 0) is 90.3 Å². The number of anilines is 3. The molecule has 6 rings (SSSR count). The molecular weight excluding hydrogens is 569 g/mol. The van der Waals surface area contributed by atoms with Crippen molar-refractivity contribution in [3.05, 3.63) is 167 Å². The van der Waals surface area contributed by atoms with Crippen LogP contribution < -0.4 is 4.90 Å². The molecule has 0 fully saturated rings. The standard InChI is InChI=1S/C45H40N2/c1-6-19-36-24-18-29-43(44(36)38-28-17-20-32(38)4)47(37-25-13-10-14-26-37)42-31-30-40(39-27-16-15-21-34(39)7-2)45(33(42)5)46-41(8-3)35-22-11-9-12-23-35/h3,7,9-16,18,20-31H,2,6,17,19H2,1,4-5H3/b46-41+. The molecule has 230 valence electrons. The van der Waals surface area contributed by atoms with Gasteiger partial charge < -0.3 is 4.90 Å². The molecule has 1 aliphatic rings. The van der Waals surface area contributed by atoms with Gasteiger partial charge in [0.1, 0.15) is 5.71 Å². The monoisotopic (exact) mass is 608 g/mol. The van der Waals surface area contributed by atoms with E-state index >= 15 is 0 Å². The van der Waals surface area contributed by atoms with E-state index in [4.69, 9.17) is 11.4 Å². The van der Waals surface area contributed by atoms with Crippen LogP contribution in [0, 0.1) is 19.3 Å². The molecule has 0 spiro atoms. The van der Waals surface area contributed by atoms with E-state index in [1.165, 1.54) is 22.3 Å². The lowest BCUT2D eigenvalue weighted by atomic mass is 9.90. The topological polar surface area (TPSA) is 15.6 Å². The summed E-state index contributed by atoms with van der Waals surface area (Å²) >= 11 is 0. The molecule has 2 heteroatoms. The summed E-state index contributed by atoms with van der Waals surface area (Å²) in [5, 5.41) is 0. The van der Waals surface area contributed by atoms with Crippen LogP contribution in [-0.2, 0) is 6.42 Å². The zero-order valence-corrected chi connectivity index (χ0v) is 27.5. The first-order valence-corrected chi connectivity index (χ1v) is 16.4. The first-order valence-electron chi connectivity index (χ1n) is 16.4. The number of nitrogens with zero attached hydrogens (tertiary/aromatic N) is 2. The summed E-state index contributed by atoms with van der Waals surface area (Å²) in [6.45, 7) is 10.8. The van der Waals surface area contributed by atoms with Crippen molar-refractivity contribution in [2.75, 3.05) is 4.90 Å². The molecule has 0 amide bonds. The highest BCUT2D eigenvalue weighted by atomic mass is 15.1. The maximum absolute atomic E-state index is 6.16. The summed E-state index contributed by atoms with van der Waals surface area (Å²) in [6, 6.07) is 40.1. The van der Waals surface area contributed by atoms with Crippen LogP contribution in [0.2, 0.25) is 0 Å². The Morgan fingerprint density at radius 2 is 1.53 bits per heavy atom. The van der Waals surface area contributed by atoms with Crippen molar-refractivity contribution in [1.29, 1.82) is 0 Å². The van der Waals surface area contributed by atoms with Crippen LogP contribution in [-0.4, -0.2) is 5.71 Å². The Morgan fingerprint density at radius 3 is 2.21 bits per heavy atom. The first-order chi connectivity index (χ1) is 23.0. The van der Waals surface area contributed by atoms with E-state index in [1.807, 2.05) is 42.5 Å². The summed E-state index contributed by atoms with van der Waals surface area (Å²) < 4.78 is 0. The van der Waals surface area contributed by atoms with Crippen molar-refractivity contribution in [2.45, 2.75) is 40.0 Å². The van der Waals surface area contributed by atoms with Crippen molar-refractivity contribution in [1.82, 2.24) is 0 Å². The average molecular weight is 609 g/mol. The van der Waals surface area contributed by atoms with Gasteiger partial charge in [0.2, 0.25) is 0 Å². The summed E-state index contributed by atoms with van der Waals surface area (Å²) in [5.41, 5.74) is 15.1. The van der Waals surface area contributed by atoms with Crippen molar-refractivity contribution in [3.8, 4) is 23.5 Å². The van der Waals surface area contributed by atoms with Gasteiger partial charge in [-0.25, -0.2) is 4.99 Å². The second kappa shape index (κ2) is 14.2. The molecular formula is C45H40N2. The maximum Gasteiger partial charge on any atom is 0.120 e. The highest BCUT2D eigenvalue weighted by Crippen LogP contribution is 2.48. The smallest absolute Gasteiger partial charge is 0.120 e. The molecule has 0 atom stereocenters. The number of hydrogen-bond donors (Lipinski definition) is 0. The molecule has 0 aliphatic heterocycles. The van der Waals surface area contributed by atoms with Gasteiger partial charge in [-0.2, -0.15) is 0 Å². The minimum atomic E-state index is 0.594. The van der Waals surface area contributed by atoms with Crippen molar-refractivity contribution in [2.24, 2.45) is 4.99 Å². The van der Waals surface area contributed by atoms with Gasteiger partial charge in [0, 0.05) is 22.4 Å². The normalized spacial score (nSPS) is 12.7. The largest absolute Gasteiger partial charge is 0.310 e. The first kappa shape index (κ1) is 31.3. The zero-order chi connectivity index (χ0) is 32.8. The summed E-state index contributed by atoms with van der Waals surface area (Å²) in [7, 11) is 0. The fraction of sp³-hybridized carbons (Fsp3) is 0.133. The molecule has 0 saturated carbocycles. The van der Waals surface area contributed by atoms with E-state index < -0.39 is 0 Å². The second-order valence-corrected chi connectivity index (χ2v) is 11.8. The van der Waals surface area contributed by atoms with Crippen LogP contribution in [0.5, 0.6) is 0 Å². The number of terminal acetylenes is 1. The fourth-order valence-electron chi connectivity index (χ4n) is 6.57. The van der Waals surface area contributed by atoms with E-state index in [9.17, 15) is 0 Å². The van der Waals surface area contributed by atoms with Gasteiger partial charge in [0.15, 0.2) is 0 Å². The second-order valence-electron chi connectivity index (χ2n) is 11.8. The number of para-hydroxylation sites is 1. The lowest BCUT2D eigenvalue weighted by molar-refractivity contribution is 0.918. The van der Waals surface area contributed by atoms with E-state index in [-0.39, 0.29) is 0 Å². The predicted molar refractivity (Wildman–Crippen MR) is 203 cm³/mol. The van der Waals surface area contributed by atoms with E-state index in [2.05, 4.69) is 129 Å². The quantitative estimate of drug-likeness (QED) is 0.114. The van der Waals surface area contributed by atoms with Crippen LogP contribution in [0.4, 0.5) is 22.7 Å². The molecule has 0 radical (unpaired) electrons. The molecule has 0 heterocycles. The highest BCUT2D eigenvalue weighted by Gasteiger charge is 2.25. The SMILES string of the molecule is C#C/C(=N\c1c(-c2ccccc2C=C)ccc(N(c2ccccc2)c2cccc(CCC)c2C2=CCC=C2C)c1C)c1ccccc1. The molecule has 0 bridgehead atoms. The Labute approximate surface area is 280 Å². The van der Waals surface area contributed by atoms with E-state index in [0.29, 0.717) is 5.71 Å². The highest BCUT2D eigenvalue weighted by molar-refractivity contribution is 6.14. The number of aliphatic imine (C=N–C) groups is 1. The Hall–Kier alpha value is -5.65. The van der Waals surface area contributed by atoms with Crippen molar-refractivity contribution < 1.29 is 0 Å². The van der Waals surface area contributed by atoms with E-state index in [1.54, 1.807) is 0 Å². The molecule has 2 nitrogen and oxygen atoms in total. The summed E-state index contributed by atoms with van der Waals surface area (Å²) in [5.74, 6) is 2.89. The summed E-state index contributed by atoms with van der Waals surface area (Å²) in [6.07, 6.45) is 15.8. The molecule has 47 heavy (non-hydrogen) atoms. The number of rotatable bonds is 10. The number of allylic oxidation sites excluding steroid dienone is 4. The Kier molecular flexibility index (Phi) is 9.46. The third-order valence-corrected chi connectivity index (χ3v) is 8.87. The van der Waals surface area contributed by atoms with Crippen LogP contribution in [0.25, 0.3) is 22.8 Å². The predicted octanol–water partition coefficient (Wildman–Crippen LogP) is 12.2. The minimum absolute atomic E-state index is 0.594. The maximum atomic E-state index is 6.16. The van der Waals surface area contributed by atoms with Crippen LogP contribution >= 0.6 is 0 Å². The number of aryl methyl sites for hydroxylation is 1. The molecule has 0 aromatic heterocycles.